The lowest BCUT2D eigenvalue weighted by Crippen LogP contribution is -2.42. The number of hydrogen-bond acceptors (Lipinski definition) is 3. The van der Waals surface area contributed by atoms with E-state index >= 15 is 0 Å². The van der Waals surface area contributed by atoms with Crippen LogP contribution in [0.2, 0.25) is 0 Å². The number of aliphatic hydroxyl groups is 1. The summed E-state index contributed by atoms with van der Waals surface area (Å²) in [5.74, 6) is 0.220. The quantitative estimate of drug-likeness (QED) is 0.810. The molecule has 0 spiro atoms. The van der Waals surface area contributed by atoms with Crippen molar-refractivity contribution in [3.63, 3.8) is 0 Å². The molecule has 1 aliphatic carbocycles. The van der Waals surface area contributed by atoms with Gasteiger partial charge in [0.1, 0.15) is 0 Å². The lowest BCUT2D eigenvalue weighted by molar-refractivity contribution is 0.0422. The third kappa shape index (κ3) is 3.81. The van der Waals surface area contributed by atoms with Crippen LogP contribution in [0.1, 0.15) is 38.7 Å². The van der Waals surface area contributed by atoms with E-state index in [2.05, 4.69) is 11.6 Å². The van der Waals surface area contributed by atoms with Crippen molar-refractivity contribution in [3.8, 4) is 0 Å². The molecule has 1 saturated carbocycles. The van der Waals surface area contributed by atoms with Crippen molar-refractivity contribution >= 4 is 10.0 Å². The molecule has 5 heteroatoms. The summed E-state index contributed by atoms with van der Waals surface area (Å²) < 4.78 is 26.8. The minimum Gasteiger partial charge on any atom is -0.389 e. The molecular formula is C15H23NO3S. The number of aryl methyl sites for hydroxylation is 1. The van der Waals surface area contributed by atoms with Gasteiger partial charge < -0.3 is 5.11 Å². The number of rotatable bonds is 7. The predicted molar refractivity (Wildman–Crippen MR) is 79.0 cm³/mol. The second-order valence-corrected chi connectivity index (χ2v) is 7.62. The van der Waals surface area contributed by atoms with Crippen molar-refractivity contribution in [1.82, 2.24) is 4.72 Å². The Hall–Kier alpha value is -0.910. The highest BCUT2D eigenvalue weighted by Gasteiger charge is 2.40. The predicted octanol–water partition coefficient (Wildman–Crippen LogP) is 2.08. The number of hydrogen-bond donors (Lipinski definition) is 2. The van der Waals surface area contributed by atoms with Crippen molar-refractivity contribution in [1.29, 1.82) is 0 Å². The summed E-state index contributed by atoms with van der Waals surface area (Å²) in [6.45, 7) is 3.85. The first-order valence-electron chi connectivity index (χ1n) is 7.16. The van der Waals surface area contributed by atoms with Gasteiger partial charge in [0.05, 0.1) is 10.5 Å². The van der Waals surface area contributed by atoms with E-state index in [0.717, 1.165) is 31.2 Å². The summed E-state index contributed by atoms with van der Waals surface area (Å²) in [5.41, 5.74) is 0.186. The zero-order valence-corrected chi connectivity index (χ0v) is 12.9. The Morgan fingerprint density at radius 2 is 1.90 bits per heavy atom. The molecular weight excluding hydrogens is 274 g/mol. The highest BCUT2D eigenvalue weighted by atomic mass is 32.2. The molecule has 0 amide bonds. The molecule has 0 bridgehead atoms. The number of sulfonamides is 1. The van der Waals surface area contributed by atoms with Gasteiger partial charge in [-0.15, -0.1) is 0 Å². The summed E-state index contributed by atoms with van der Waals surface area (Å²) in [4.78, 5) is 0.254. The molecule has 1 aliphatic rings. The first-order valence-corrected chi connectivity index (χ1v) is 8.64. The van der Waals surface area contributed by atoms with Gasteiger partial charge in [-0.05, 0) is 49.8 Å². The van der Waals surface area contributed by atoms with Crippen LogP contribution >= 0.6 is 0 Å². The molecule has 2 N–H and O–H groups in total. The Kier molecular flexibility index (Phi) is 4.52. The molecule has 1 atom stereocenters. The van der Waals surface area contributed by atoms with Crippen LogP contribution in [0, 0.1) is 5.92 Å². The lowest BCUT2D eigenvalue weighted by atomic mass is 10.0. The SMILES string of the molecule is CCCc1ccc(S(=O)(=O)NCC(C)(O)C2CC2)cc1. The third-order valence-electron chi connectivity index (χ3n) is 3.85. The van der Waals surface area contributed by atoms with Crippen molar-refractivity contribution < 1.29 is 13.5 Å². The first-order chi connectivity index (χ1) is 9.35. The fourth-order valence-corrected chi connectivity index (χ4v) is 3.44. The van der Waals surface area contributed by atoms with Gasteiger partial charge in [0.25, 0.3) is 0 Å². The van der Waals surface area contributed by atoms with Gasteiger partial charge in [-0.1, -0.05) is 25.5 Å². The fourth-order valence-electron chi connectivity index (χ4n) is 2.30. The zero-order chi connectivity index (χ0) is 14.8. The molecule has 1 fully saturated rings. The summed E-state index contributed by atoms with van der Waals surface area (Å²) >= 11 is 0. The Balaban J connectivity index is 2.02. The third-order valence-corrected chi connectivity index (χ3v) is 5.27. The van der Waals surface area contributed by atoms with E-state index < -0.39 is 15.6 Å². The van der Waals surface area contributed by atoms with Crippen molar-refractivity contribution in [2.45, 2.75) is 50.0 Å². The summed E-state index contributed by atoms with van der Waals surface area (Å²) in [5, 5.41) is 10.2. The van der Waals surface area contributed by atoms with Gasteiger partial charge in [-0.3, -0.25) is 0 Å². The summed E-state index contributed by atoms with van der Waals surface area (Å²) in [7, 11) is -3.54. The van der Waals surface area contributed by atoms with Gasteiger partial charge in [0.2, 0.25) is 10.0 Å². The molecule has 1 aromatic carbocycles. The second kappa shape index (κ2) is 5.84. The molecule has 1 unspecified atom stereocenters. The van der Waals surface area contributed by atoms with Gasteiger partial charge in [-0.25, -0.2) is 13.1 Å². The normalized spacial score (nSPS) is 18.8. The smallest absolute Gasteiger partial charge is 0.240 e. The average molecular weight is 297 g/mol. The maximum Gasteiger partial charge on any atom is 0.240 e. The molecule has 0 aliphatic heterocycles. The molecule has 4 nitrogen and oxygen atoms in total. The molecule has 1 aromatic rings. The van der Waals surface area contributed by atoms with Crippen molar-refractivity contribution in [2.24, 2.45) is 5.92 Å². The average Bonchev–Trinajstić information content (AvgIpc) is 3.23. The summed E-state index contributed by atoms with van der Waals surface area (Å²) in [6, 6.07) is 6.94. The molecule has 2 rings (SSSR count). The van der Waals surface area contributed by atoms with Gasteiger partial charge in [-0.2, -0.15) is 0 Å². The Morgan fingerprint density at radius 3 is 2.40 bits per heavy atom. The van der Waals surface area contributed by atoms with Gasteiger partial charge in [0.15, 0.2) is 0 Å². The monoisotopic (exact) mass is 297 g/mol. The van der Waals surface area contributed by atoms with Crippen LogP contribution in [-0.4, -0.2) is 25.7 Å². The van der Waals surface area contributed by atoms with Gasteiger partial charge >= 0.3 is 0 Å². The molecule has 0 heterocycles. The highest BCUT2D eigenvalue weighted by Crippen LogP contribution is 2.39. The Bertz CT molecular complexity index is 545. The van der Waals surface area contributed by atoms with Crippen LogP contribution < -0.4 is 4.72 Å². The van der Waals surface area contributed by atoms with Crippen LogP contribution in [-0.2, 0) is 16.4 Å². The standard InChI is InChI=1S/C15H23NO3S/c1-3-4-12-5-9-14(10-6-12)20(18,19)16-11-15(2,17)13-7-8-13/h5-6,9-10,13,16-17H,3-4,7-8,11H2,1-2H3. The molecule has 0 saturated heterocycles. The second-order valence-electron chi connectivity index (χ2n) is 5.85. The van der Waals surface area contributed by atoms with Crippen LogP contribution in [0.4, 0.5) is 0 Å². The van der Waals surface area contributed by atoms with E-state index in [4.69, 9.17) is 0 Å². The van der Waals surface area contributed by atoms with Gasteiger partial charge in [0, 0.05) is 6.54 Å². The molecule has 0 aromatic heterocycles. The van der Waals surface area contributed by atoms with Crippen LogP contribution in [0.3, 0.4) is 0 Å². The minimum absolute atomic E-state index is 0.0662. The molecule has 0 radical (unpaired) electrons. The van der Waals surface area contributed by atoms with Crippen LogP contribution in [0.15, 0.2) is 29.2 Å². The molecule has 112 valence electrons. The molecule has 20 heavy (non-hydrogen) atoms. The maximum absolute atomic E-state index is 12.2. The van der Waals surface area contributed by atoms with Crippen molar-refractivity contribution in [2.75, 3.05) is 6.54 Å². The van der Waals surface area contributed by atoms with E-state index in [1.54, 1.807) is 19.1 Å². The highest BCUT2D eigenvalue weighted by molar-refractivity contribution is 7.89. The van der Waals surface area contributed by atoms with E-state index in [1.807, 2.05) is 12.1 Å². The lowest BCUT2D eigenvalue weighted by Gasteiger charge is -2.23. The van der Waals surface area contributed by atoms with Crippen molar-refractivity contribution in [3.05, 3.63) is 29.8 Å². The number of benzene rings is 1. The van der Waals surface area contributed by atoms with E-state index in [1.165, 1.54) is 0 Å². The topological polar surface area (TPSA) is 66.4 Å². The van der Waals surface area contributed by atoms with E-state index in [9.17, 15) is 13.5 Å². The fraction of sp³-hybridized carbons (Fsp3) is 0.600. The summed E-state index contributed by atoms with van der Waals surface area (Å²) in [6.07, 6.45) is 3.93. The first kappa shape index (κ1) is 15.5. The van der Waals surface area contributed by atoms with Crippen LogP contribution in [0.25, 0.3) is 0 Å². The van der Waals surface area contributed by atoms with E-state index in [0.29, 0.717) is 0 Å². The maximum atomic E-state index is 12.2. The largest absolute Gasteiger partial charge is 0.389 e. The number of nitrogens with one attached hydrogen (secondary N) is 1. The zero-order valence-electron chi connectivity index (χ0n) is 12.1. The van der Waals surface area contributed by atoms with E-state index in [-0.39, 0.29) is 17.4 Å². The Labute approximate surface area is 121 Å². The Morgan fingerprint density at radius 1 is 1.30 bits per heavy atom. The van der Waals surface area contributed by atoms with Crippen LogP contribution in [0.5, 0.6) is 0 Å². The minimum atomic E-state index is -3.54.